The van der Waals surface area contributed by atoms with E-state index in [1.54, 1.807) is 6.07 Å². The summed E-state index contributed by atoms with van der Waals surface area (Å²) in [6.07, 6.45) is 1.18. The highest BCUT2D eigenvalue weighted by atomic mass is 35.5. The Morgan fingerprint density at radius 2 is 1.94 bits per heavy atom. The molecule has 0 bridgehead atoms. The lowest BCUT2D eigenvalue weighted by molar-refractivity contribution is 0.560. The van der Waals surface area contributed by atoms with E-state index in [2.05, 4.69) is 5.10 Å². The van der Waals surface area contributed by atoms with Gasteiger partial charge in [0.1, 0.15) is 10.7 Å². The first-order chi connectivity index (χ1) is 8.02. The lowest BCUT2D eigenvalue weighted by atomic mass is 10.2. The number of hydrogen-bond acceptors (Lipinski definition) is 3. The highest BCUT2D eigenvalue weighted by molar-refractivity contribution is 6.32. The molecule has 0 aliphatic carbocycles. The van der Waals surface area contributed by atoms with Crippen LogP contribution in [0.4, 0.5) is 14.6 Å². The van der Waals surface area contributed by atoms with Crippen LogP contribution in [0.25, 0.3) is 5.69 Å². The zero-order valence-electron chi connectivity index (χ0n) is 8.28. The zero-order chi connectivity index (χ0) is 12.6. The topological polar surface area (TPSA) is 67.6 Å². The molecule has 1 heterocycles. The summed E-state index contributed by atoms with van der Waals surface area (Å²) in [5, 5.41) is 12.3. The van der Waals surface area contributed by atoms with E-state index in [-0.39, 0.29) is 16.4 Å². The minimum atomic E-state index is -0.916. The fourth-order valence-corrected chi connectivity index (χ4v) is 1.46. The number of hydrogen-bond donors (Lipinski definition) is 1. The van der Waals surface area contributed by atoms with Crippen molar-refractivity contribution in [3.63, 3.8) is 0 Å². The normalized spacial score (nSPS) is 10.2. The number of nitriles is 1. The first kappa shape index (κ1) is 11.4. The second-order valence-electron chi connectivity index (χ2n) is 3.21. The Morgan fingerprint density at radius 3 is 2.35 bits per heavy atom. The molecule has 17 heavy (non-hydrogen) atoms. The summed E-state index contributed by atoms with van der Waals surface area (Å²) in [6.45, 7) is 0. The lowest BCUT2D eigenvalue weighted by Crippen LogP contribution is -2.03. The highest BCUT2D eigenvalue weighted by Gasteiger charge is 2.15. The van der Waals surface area contributed by atoms with Gasteiger partial charge in [-0.15, -0.1) is 5.10 Å². The number of nitrogens with two attached hydrogens (primary N) is 1. The number of nitrogens with zero attached hydrogens (tertiary/aromatic N) is 3. The van der Waals surface area contributed by atoms with E-state index in [0.717, 1.165) is 16.8 Å². The molecule has 0 aliphatic rings. The quantitative estimate of drug-likeness (QED) is 0.849. The van der Waals surface area contributed by atoms with Gasteiger partial charge in [-0.2, -0.15) is 5.26 Å². The number of aromatic nitrogens is 2. The summed E-state index contributed by atoms with van der Waals surface area (Å²) in [5.41, 5.74) is 4.83. The minimum Gasteiger partial charge on any atom is -0.381 e. The van der Waals surface area contributed by atoms with E-state index >= 15 is 0 Å². The van der Waals surface area contributed by atoms with Gasteiger partial charge in [0.15, 0.2) is 17.5 Å². The van der Waals surface area contributed by atoms with Gasteiger partial charge in [0.25, 0.3) is 0 Å². The largest absolute Gasteiger partial charge is 0.381 e. The molecule has 0 aliphatic heterocycles. The fourth-order valence-electron chi connectivity index (χ4n) is 1.33. The summed E-state index contributed by atoms with van der Waals surface area (Å²) < 4.78 is 28.1. The van der Waals surface area contributed by atoms with Crippen molar-refractivity contribution in [3.05, 3.63) is 40.6 Å². The molecule has 86 valence electrons. The van der Waals surface area contributed by atoms with Crippen LogP contribution in [0.5, 0.6) is 0 Å². The molecule has 0 atom stereocenters. The molecule has 0 fully saturated rings. The van der Waals surface area contributed by atoms with E-state index in [1.807, 2.05) is 0 Å². The van der Waals surface area contributed by atoms with Crippen LogP contribution in [0.1, 0.15) is 5.56 Å². The Labute approximate surface area is 99.8 Å². The number of rotatable bonds is 1. The number of benzene rings is 1. The van der Waals surface area contributed by atoms with E-state index < -0.39 is 17.3 Å². The second kappa shape index (κ2) is 4.03. The van der Waals surface area contributed by atoms with Crippen molar-refractivity contribution < 1.29 is 8.78 Å². The third-order valence-electron chi connectivity index (χ3n) is 2.07. The predicted molar refractivity (Wildman–Crippen MR) is 57.6 cm³/mol. The van der Waals surface area contributed by atoms with Gasteiger partial charge in [-0.25, -0.2) is 13.5 Å². The standard InChI is InChI=1S/C10H5ClF2N4/c11-6-4-17(16-10(6)15)9-7(12)1-5(3-14)2-8(9)13/h1-2,4H,(H2,15,16). The van der Waals surface area contributed by atoms with Crippen molar-refractivity contribution >= 4 is 17.4 Å². The second-order valence-corrected chi connectivity index (χ2v) is 3.61. The van der Waals surface area contributed by atoms with Gasteiger partial charge in [-0.3, -0.25) is 0 Å². The smallest absolute Gasteiger partial charge is 0.164 e. The molecule has 2 N–H and O–H groups in total. The maximum Gasteiger partial charge on any atom is 0.164 e. The highest BCUT2D eigenvalue weighted by Crippen LogP contribution is 2.23. The van der Waals surface area contributed by atoms with Crippen LogP contribution in [0, 0.1) is 23.0 Å². The third-order valence-corrected chi connectivity index (χ3v) is 2.36. The Balaban J connectivity index is 2.64. The van der Waals surface area contributed by atoms with Crippen LogP contribution >= 0.6 is 11.6 Å². The summed E-state index contributed by atoms with van der Waals surface area (Å²) in [6, 6.07) is 3.46. The number of nitrogen functional groups attached to an aromatic ring is 1. The summed E-state index contributed by atoms with van der Waals surface area (Å²) in [4.78, 5) is 0. The van der Waals surface area contributed by atoms with Crippen molar-refractivity contribution in [3.8, 4) is 11.8 Å². The Morgan fingerprint density at radius 1 is 1.35 bits per heavy atom. The number of anilines is 1. The average molecular weight is 255 g/mol. The van der Waals surface area contributed by atoms with Gasteiger partial charge in [-0.1, -0.05) is 11.6 Å². The first-order valence-corrected chi connectivity index (χ1v) is 4.81. The van der Waals surface area contributed by atoms with Gasteiger partial charge in [-0.05, 0) is 12.1 Å². The van der Waals surface area contributed by atoms with Crippen molar-refractivity contribution in [1.82, 2.24) is 9.78 Å². The molecule has 1 aromatic heterocycles. The molecular formula is C10H5ClF2N4. The Kier molecular flexibility index (Phi) is 2.69. The van der Waals surface area contributed by atoms with Crippen LogP contribution in [0.2, 0.25) is 5.02 Å². The van der Waals surface area contributed by atoms with E-state index in [4.69, 9.17) is 22.6 Å². The molecule has 0 saturated carbocycles. The maximum atomic E-state index is 13.6. The van der Waals surface area contributed by atoms with Gasteiger partial charge >= 0.3 is 0 Å². The zero-order valence-corrected chi connectivity index (χ0v) is 9.04. The van der Waals surface area contributed by atoms with Crippen LogP contribution in [-0.4, -0.2) is 9.78 Å². The summed E-state index contributed by atoms with van der Waals surface area (Å²) in [7, 11) is 0. The van der Waals surface area contributed by atoms with Crippen molar-refractivity contribution in [2.24, 2.45) is 0 Å². The molecule has 7 heteroatoms. The SMILES string of the molecule is N#Cc1cc(F)c(-n2cc(Cl)c(N)n2)c(F)c1. The van der Waals surface area contributed by atoms with Gasteiger partial charge in [0, 0.05) is 0 Å². The fraction of sp³-hybridized carbons (Fsp3) is 0. The molecule has 1 aromatic carbocycles. The maximum absolute atomic E-state index is 13.6. The van der Waals surface area contributed by atoms with Gasteiger partial charge < -0.3 is 5.73 Å². The van der Waals surface area contributed by atoms with Crippen LogP contribution in [0.3, 0.4) is 0 Å². The molecule has 2 rings (SSSR count). The monoisotopic (exact) mass is 254 g/mol. The summed E-state index contributed by atoms with van der Waals surface area (Å²) >= 11 is 5.64. The molecule has 0 unspecified atom stereocenters. The molecule has 0 radical (unpaired) electrons. The van der Waals surface area contributed by atoms with E-state index in [9.17, 15) is 8.78 Å². The molecular weight excluding hydrogens is 250 g/mol. The Bertz CT molecular complexity index is 587. The molecule has 0 spiro atoms. The molecule has 0 saturated heterocycles. The van der Waals surface area contributed by atoms with Crippen molar-refractivity contribution in [2.45, 2.75) is 0 Å². The van der Waals surface area contributed by atoms with Crippen molar-refractivity contribution in [2.75, 3.05) is 5.73 Å². The minimum absolute atomic E-state index is 0.0326. The van der Waals surface area contributed by atoms with Crippen molar-refractivity contribution in [1.29, 1.82) is 5.26 Å². The van der Waals surface area contributed by atoms with E-state index in [0.29, 0.717) is 0 Å². The van der Waals surface area contributed by atoms with Gasteiger partial charge in [0.2, 0.25) is 0 Å². The molecule has 4 nitrogen and oxygen atoms in total. The van der Waals surface area contributed by atoms with E-state index in [1.165, 1.54) is 6.20 Å². The predicted octanol–water partition coefficient (Wildman–Crippen LogP) is 2.26. The van der Waals surface area contributed by atoms with Gasteiger partial charge in [0.05, 0.1) is 17.8 Å². The van der Waals surface area contributed by atoms with Crippen LogP contribution in [-0.2, 0) is 0 Å². The average Bonchev–Trinajstić information content (AvgIpc) is 2.57. The number of halogens is 3. The van der Waals surface area contributed by atoms with Crippen LogP contribution in [0.15, 0.2) is 18.3 Å². The van der Waals surface area contributed by atoms with Crippen LogP contribution < -0.4 is 5.73 Å². The molecule has 2 aromatic rings. The third kappa shape index (κ3) is 1.92. The lowest BCUT2D eigenvalue weighted by Gasteiger charge is -2.04. The molecule has 0 amide bonds. The summed E-state index contributed by atoms with van der Waals surface area (Å²) in [5.74, 6) is -1.86. The first-order valence-electron chi connectivity index (χ1n) is 4.43. The Hall–Kier alpha value is -2.13.